The van der Waals surface area contributed by atoms with Gasteiger partial charge in [0.2, 0.25) is 5.82 Å². The minimum atomic E-state index is -0.949. The van der Waals surface area contributed by atoms with E-state index in [0.717, 1.165) is 47.8 Å². The highest BCUT2D eigenvalue weighted by Gasteiger charge is 2.31. The molecule has 1 atom stereocenters. The Balaban J connectivity index is 0.000000158. The molecule has 56 heavy (non-hydrogen) atoms. The summed E-state index contributed by atoms with van der Waals surface area (Å²) in [6.45, 7) is 2.77. The number of hydrogen-bond acceptors (Lipinski definition) is 13. The van der Waals surface area contributed by atoms with Crippen LogP contribution in [0.15, 0.2) is 97.6 Å². The molecule has 1 saturated carbocycles. The third kappa shape index (κ3) is 8.24. The lowest BCUT2D eigenvalue weighted by Crippen LogP contribution is -2.11. The zero-order valence-electron chi connectivity index (χ0n) is 29.7. The van der Waals surface area contributed by atoms with Crippen molar-refractivity contribution in [1.82, 2.24) is 79.9 Å². The zero-order valence-corrected chi connectivity index (χ0v) is 31.2. The highest BCUT2D eigenvalue weighted by molar-refractivity contribution is 6.31. The maximum Gasteiger partial charge on any atom is 0.204 e. The van der Waals surface area contributed by atoms with Crippen LogP contribution in [0.2, 0.25) is 10.0 Å². The molecule has 0 amide bonds. The van der Waals surface area contributed by atoms with Crippen LogP contribution in [-0.2, 0) is 13.0 Å². The zero-order chi connectivity index (χ0) is 38.4. The molecule has 0 radical (unpaired) electrons. The summed E-state index contributed by atoms with van der Waals surface area (Å²) in [4.78, 5) is 10.9. The fraction of sp³-hybridized carbons (Fsp3) is 0.189. The molecule has 1 N–H and O–H groups in total. The molecule has 1 fully saturated rings. The maximum atomic E-state index is 10.7. The molecule has 0 bridgehead atoms. The molecule has 1 unspecified atom stereocenters. The van der Waals surface area contributed by atoms with Crippen molar-refractivity contribution in [1.29, 1.82) is 0 Å². The molecule has 19 heteroatoms. The summed E-state index contributed by atoms with van der Waals surface area (Å²) < 4.78 is 4.10. The average molecular weight is 788 g/mol. The third-order valence-electron chi connectivity index (χ3n) is 8.64. The van der Waals surface area contributed by atoms with E-state index in [1.54, 1.807) is 61.2 Å². The lowest BCUT2D eigenvalue weighted by atomic mass is 10.2. The number of aliphatic hydroxyl groups is 1. The fourth-order valence-corrected chi connectivity index (χ4v) is 6.19. The quantitative estimate of drug-likeness (QED) is 0.167. The summed E-state index contributed by atoms with van der Waals surface area (Å²) in [5, 5.41) is 53.9. The lowest BCUT2D eigenvalue weighted by molar-refractivity contribution is 0.164. The highest BCUT2D eigenvalue weighted by Crippen LogP contribution is 2.39. The molecule has 9 rings (SSSR count). The van der Waals surface area contributed by atoms with Crippen LogP contribution in [0, 0.1) is 0 Å². The summed E-state index contributed by atoms with van der Waals surface area (Å²) in [6.07, 6.45) is 11.9. The first-order chi connectivity index (χ1) is 27.4. The van der Waals surface area contributed by atoms with Crippen molar-refractivity contribution in [2.45, 2.75) is 44.9 Å². The van der Waals surface area contributed by atoms with Gasteiger partial charge in [-0.2, -0.15) is 0 Å². The molecule has 280 valence electrons. The SMILES string of the molecule is CCn1c(/C=C/c2nnn(-c3cccc(Cl)c3)n2)nnc1-c1ccncc1.OC(Cc1nnc(-c2ccncc2)n1C1CC1)c1nnn(-c2cccc(Cl)c2)n1. The number of tetrazole rings is 2. The Morgan fingerprint density at radius 3 is 1.95 bits per heavy atom. The minimum Gasteiger partial charge on any atom is -0.384 e. The third-order valence-corrected chi connectivity index (χ3v) is 9.11. The van der Waals surface area contributed by atoms with Gasteiger partial charge in [0.05, 0.1) is 11.4 Å². The van der Waals surface area contributed by atoms with Gasteiger partial charge in [-0.1, -0.05) is 35.3 Å². The molecule has 2 aromatic carbocycles. The van der Waals surface area contributed by atoms with E-state index in [-0.39, 0.29) is 12.2 Å². The van der Waals surface area contributed by atoms with Crippen molar-refractivity contribution in [2.75, 3.05) is 0 Å². The number of halogens is 2. The van der Waals surface area contributed by atoms with Gasteiger partial charge in [0, 0.05) is 65.0 Å². The van der Waals surface area contributed by atoms with Crippen molar-refractivity contribution in [2.24, 2.45) is 0 Å². The standard InChI is InChI=1S/C19H17ClN8O.C18H15ClN8/c20-13-2-1-3-15(10-13)28-25-18(23-26-28)16(29)11-17-22-24-19(27(17)14-4-5-14)12-6-8-21-9-7-12;1-2-26-17(22-23-18(26)13-8-10-20-11-9-13)7-6-16-21-25-27(24-16)15-5-3-4-14(19)12-15/h1-3,6-10,14,16,29H,4-5,11H2;3-12H,2H2,1H3/b;7-6+. The minimum absolute atomic E-state index is 0.223. The van der Waals surface area contributed by atoms with Crippen LogP contribution in [0.5, 0.6) is 0 Å². The Labute approximate surface area is 329 Å². The summed E-state index contributed by atoms with van der Waals surface area (Å²) >= 11 is 12.0. The number of benzene rings is 2. The van der Waals surface area contributed by atoms with E-state index < -0.39 is 6.10 Å². The largest absolute Gasteiger partial charge is 0.384 e. The molecule has 0 aliphatic heterocycles. The van der Waals surface area contributed by atoms with Gasteiger partial charge in [0.25, 0.3) is 0 Å². The number of rotatable bonds is 11. The van der Waals surface area contributed by atoms with Gasteiger partial charge in [0.1, 0.15) is 11.9 Å². The predicted octanol–water partition coefficient (Wildman–Crippen LogP) is 5.74. The topological polar surface area (TPSA) is 195 Å². The molecule has 8 aromatic rings. The van der Waals surface area contributed by atoms with E-state index in [9.17, 15) is 5.11 Å². The van der Waals surface area contributed by atoms with Gasteiger partial charge in [0.15, 0.2) is 23.3 Å². The molecule has 0 saturated heterocycles. The first kappa shape index (κ1) is 36.4. The number of aromatic nitrogens is 16. The van der Waals surface area contributed by atoms with Crippen molar-refractivity contribution >= 4 is 35.4 Å². The second-order valence-electron chi connectivity index (χ2n) is 12.5. The van der Waals surface area contributed by atoms with Gasteiger partial charge in [-0.25, -0.2) is 0 Å². The monoisotopic (exact) mass is 786 g/mol. The second-order valence-corrected chi connectivity index (χ2v) is 13.4. The van der Waals surface area contributed by atoms with E-state index in [2.05, 4.69) is 65.8 Å². The predicted molar refractivity (Wildman–Crippen MR) is 206 cm³/mol. The van der Waals surface area contributed by atoms with Crippen LogP contribution in [0.4, 0.5) is 0 Å². The van der Waals surface area contributed by atoms with Gasteiger partial charge >= 0.3 is 0 Å². The first-order valence-electron chi connectivity index (χ1n) is 17.6. The van der Waals surface area contributed by atoms with E-state index in [1.807, 2.05) is 60.0 Å². The van der Waals surface area contributed by atoms with Crippen molar-refractivity contribution in [3.8, 4) is 34.2 Å². The van der Waals surface area contributed by atoms with Crippen LogP contribution in [0.3, 0.4) is 0 Å². The van der Waals surface area contributed by atoms with Crippen LogP contribution in [0.1, 0.15) is 55.2 Å². The second kappa shape index (κ2) is 16.4. The normalized spacial score (nSPS) is 13.1. The average Bonchev–Trinajstić information content (AvgIpc) is 3.61. The summed E-state index contributed by atoms with van der Waals surface area (Å²) in [7, 11) is 0. The number of nitrogens with zero attached hydrogens (tertiary/aromatic N) is 16. The van der Waals surface area contributed by atoms with Crippen LogP contribution >= 0.6 is 23.2 Å². The van der Waals surface area contributed by atoms with Crippen molar-refractivity contribution in [3.05, 3.63) is 131 Å². The smallest absolute Gasteiger partial charge is 0.204 e. The molecule has 0 spiro atoms. The van der Waals surface area contributed by atoms with E-state index in [4.69, 9.17) is 23.2 Å². The highest BCUT2D eigenvalue weighted by atomic mass is 35.5. The molecular formula is C37H32Cl2N16O. The first-order valence-corrected chi connectivity index (χ1v) is 18.3. The van der Waals surface area contributed by atoms with Gasteiger partial charge in [-0.3, -0.25) is 9.97 Å². The Kier molecular flexibility index (Phi) is 10.7. The molecular weight excluding hydrogens is 755 g/mol. The molecule has 17 nitrogen and oxygen atoms in total. The van der Waals surface area contributed by atoms with Gasteiger partial charge < -0.3 is 14.2 Å². The van der Waals surface area contributed by atoms with E-state index in [0.29, 0.717) is 39.2 Å². The summed E-state index contributed by atoms with van der Waals surface area (Å²) in [5.41, 5.74) is 3.32. The van der Waals surface area contributed by atoms with E-state index in [1.165, 1.54) is 9.59 Å². The van der Waals surface area contributed by atoms with Crippen LogP contribution in [-0.4, -0.2) is 85.0 Å². The Bertz CT molecular complexity index is 2580. The Morgan fingerprint density at radius 1 is 0.714 bits per heavy atom. The maximum absolute atomic E-state index is 10.7. The Hall–Kier alpha value is -6.56. The van der Waals surface area contributed by atoms with Crippen LogP contribution in [0.25, 0.3) is 46.3 Å². The lowest BCUT2D eigenvalue weighted by Gasteiger charge is -2.10. The van der Waals surface area contributed by atoms with Crippen LogP contribution < -0.4 is 0 Å². The Morgan fingerprint density at radius 2 is 1.32 bits per heavy atom. The number of pyridine rings is 2. The molecule has 1 aliphatic carbocycles. The van der Waals surface area contributed by atoms with Crippen molar-refractivity contribution < 1.29 is 5.11 Å². The number of aliphatic hydroxyl groups excluding tert-OH is 1. The van der Waals surface area contributed by atoms with E-state index >= 15 is 0 Å². The van der Waals surface area contributed by atoms with Gasteiger partial charge in [-0.05, 0) is 103 Å². The van der Waals surface area contributed by atoms with Crippen molar-refractivity contribution in [3.63, 3.8) is 0 Å². The molecule has 1 aliphatic rings. The summed E-state index contributed by atoms with van der Waals surface area (Å²) in [6, 6.07) is 22.3. The summed E-state index contributed by atoms with van der Waals surface area (Å²) in [5.74, 6) is 3.67. The molecule has 6 heterocycles. The molecule has 6 aromatic heterocycles. The number of hydrogen-bond donors (Lipinski definition) is 1. The fourth-order valence-electron chi connectivity index (χ4n) is 5.83. The van der Waals surface area contributed by atoms with Gasteiger partial charge in [-0.15, -0.1) is 50.4 Å².